The monoisotopic (exact) mass is 1130 g/mol. The maximum atomic E-state index is 5.10. The average Bonchev–Trinajstić information content (AvgIpc) is 2.51. The van der Waals surface area contributed by atoms with Crippen molar-refractivity contribution in [3.63, 3.8) is 0 Å². The lowest BCUT2D eigenvalue weighted by molar-refractivity contribution is 0.395. The number of nitrogens with zero attached hydrogens (tertiary/aromatic N) is 9. The highest BCUT2D eigenvalue weighted by Gasteiger charge is 2.42. The van der Waals surface area contributed by atoms with E-state index in [1.165, 1.54) is 55.4 Å². The summed E-state index contributed by atoms with van der Waals surface area (Å²) in [6.07, 6.45) is 3.34. The van der Waals surface area contributed by atoms with Crippen LogP contribution >= 0.6 is 12.4 Å². The van der Waals surface area contributed by atoms with E-state index in [0.717, 1.165) is 68.8 Å². The van der Waals surface area contributed by atoms with Crippen molar-refractivity contribution in [2.24, 2.45) is 0 Å². The van der Waals surface area contributed by atoms with Crippen molar-refractivity contribution in [3.05, 3.63) is 252 Å². The molecule has 3 saturated heterocycles. The van der Waals surface area contributed by atoms with Crippen molar-refractivity contribution >= 4 is 56.6 Å². The molecule has 5 heterocycles. The molecule has 0 spiro atoms. The van der Waals surface area contributed by atoms with E-state index in [4.69, 9.17) is 10.3 Å². The molecule has 5 N–H and O–H groups in total. The Kier molecular flexibility index (Phi) is 18.4. The molecule has 0 bridgehead atoms. The lowest BCUT2D eigenvalue weighted by Crippen LogP contribution is -2.40. The first-order chi connectivity index (χ1) is 40.9. The number of rotatable bonds is 15. The minimum absolute atomic E-state index is 0. The van der Waals surface area contributed by atoms with E-state index in [-0.39, 0.29) is 18.4 Å². The highest BCUT2D eigenvalue weighted by molar-refractivity contribution is 5.88. The molecular weight excluding hydrogens is 1060 g/mol. The first kappa shape index (κ1) is 57.4. The van der Waals surface area contributed by atoms with E-state index in [1.807, 2.05) is 23.0 Å². The number of aromatic amines is 1. The fourth-order valence-corrected chi connectivity index (χ4v) is 12.8. The van der Waals surface area contributed by atoms with Gasteiger partial charge in [-0.1, -0.05) is 229 Å². The van der Waals surface area contributed by atoms with Gasteiger partial charge >= 0.3 is 0 Å². The van der Waals surface area contributed by atoms with Gasteiger partial charge in [-0.15, -0.1) is 27.4 Å². The Bertz CT molecular complexity index is 3710. The Labute approximate surface area is 498 Å². The van der Waals surface area contributed by atoms with Crippen LogP contribution < -0.4 is 31.1 Å². The SMILES string of the molecule is C[C@@H](N[C@H]1CCN(c2nn[nH]n2)C1)c1cccc2ccccc12.C[C@@H](N[C@H]1CCN(c2nnn(C(c3ccccc3)(c3ccccc3)c3ccccc3)n2)C1)c1cccc2ccccc12.C[C@@H](N[C@H]1CCNC1)c1cccc2ccccc12.Cl. The Morgan fingerprint density at radius 3 is 1.27 bits per heavy atom. The molecule has 0 unspecified atom stereocenters. The van der Waals surface area contributed by atoms with Gasteiger partial charge in [0.2, 0.25) is 0 Å². The van der Waals surface area contributed by atoms with Gasteiger partial charge in [0.25, 0.3) is 11.9 Å². The Hall–Kier alpha value is -8.37. The molecule has 0 radical (unpaired) electrons. The third-order valence-corrected chi connectivity index (χ3v) is 16.9. The van der Waals surface area contributed by atoms with E-state index in [9.17, 15) is 0 Å². The molecule has 9 aromatic carbocycles. The molecule has 11 aromatic rings. The number of hydrogen-bond donors (Lipinski definition) is 5. The van der Waals surface area contributed by atoms with Crippen LogP contribution in [0.5, 0.6) is 0 Å². The van der Waals surface area contributed by atoms with E-state index in [1.54, 1.807) is 0 Å². The summed E-state index contributed by atoms with van der Waals surface area (Å²) in [6.45, 7) is 12.6. The van der Waals surface area contributed by atoms with Crippen LogP contribution in [-0.4, -0.2) is 98.2 Å². The van der Waals surface area contributed by atoms with E-state index >= 15 is 0 Å². The third-order valence-electron chi connectivity index (χ3n) is 16.9. The van der Waals surface area contributed by atoms with Gasteiger partial charge in [0.1, 0.15) is 0 Å². The molecule has 3 fully saturated rings. The second-order valence-corrected chi connectivity index (χ2v) is 22.3. The molecule has 0 saturated carbocycles. The van der Waals surface area contributed by atoms with Crippen LogP contribution in [0.15, 0.2) is 218 Å². The Morgan fingerprint density at radius 2 is 0.857 bits per heavy atom. The molecule has 15 heteroatoms. The molecule has 3 aliphatic heterocycles. The van der Waals surface area contributed by atoms with Crippen LogP contribution in [0.25, 0.3) is 32.3 Å². The molecule has 84 heavy (non-hydrogen) atoms. The minimum Gasteiger partial charge on any atom is -0.337 e. The zero-order valence-electron chi connectivity index (χ0n) is 48.0. The van der Waals surface area contributed by atoms with Gasteiger partial charge in [-0.2, -0.15) is 5.21 Å². The highest BCUT2D eigenvalue weighted by Crippen LogP contribution is 2.40. The summed E-state index contributed by atoms with van der Waals surface area (Å²) in [5, 5.41) is 51.4. The lowest BCUT2D eigenvalue weighted by atomic mass is 9.77. The van der Waals surface area contributed by atoms with Gasteiger partial charge in [-0.3, -0.25) is 0 Å². The van der Waals surface area contributed by atoms with Crippen LogP contribution in [0.3, 0.4) is 0 Å². The number of fused-ring (bicyclic) bond motifs is 3. The minimum atomic E-state index is -0.769. The van der Waals surface area contributed by atoms with Gasteiger partial charge in [0.15, 0.2) is 5.54 Å². The van der Waals surface area contributed by atoms with Crippen LogP contribution in [-0.2, 0) is 5.54 Å². The van der Waals surface area contributed by atoms with Crippen molar-refractivity contribution < 1.29 is 0 Å². The maximum Gasteiger partial charge on any atom is 0.266 e. The van der Waals surface area contributed by atoms with E-state index in [2.05, 4.69) is 278 Å². The van der Waals surface area contributed by atoms with Crippen LogP contribution in [0.2, 0.25) is 0 Å². The third kappa shape index (κ3) is 12.6. The molecule has 3 aliphatic rings. The maximum absolute atomic E-state index is 5.10. The first-order valence-electron chi connectivity index (χ1n) is 29.5. The Morgan fingerprint density at radius 1 is 0.452 bits per heavy atom. The summed E-state index contributed by atoms with van der Waals surface area (Å²) >= 11 is 0. The average molecular weight is 1140 g/mol. The smallest absolute Gasteiger partial charge is 0.266 e. The van der Waals surface area contributed by atoms with Gasteiger partial charge < -0.3 is 31.1 Å². The fourth-order valence-electron chi connectivity index (χ4n) is 12.8. The van der Waals surface area contributed by atoms with Crippen LogP contribution in [0.4, 0.5) is 11.9 Å². The summed E-state index contributed by atoms with van der Waals surface area (Å²) in [5.41, 5.74) is 6.55. The number of benzene rings is 9. The van der Waals surface area contributed by atoms with Crippen molar-refractivity contribution in [2.75, 3.05) is 49.1 Å². The molecule has 0 amide bonds. The van der Waals surface area contributed by atoms with Gasteiger partial charge in [0.05, 0.1) is 0 Å². The zero-order valence-corrected chi connectivity index (χ0v) is 48.9. The summed E-state index contributed by atoms with van der Waals surface area (Å²) in [7, 11) is 0. The van der Waals surface area contributed by atoms with Crippen LogP contribution in [0, 0.1) is 0 Å². The van der Waals surface area contributed by atoms with Crippen molar-refractivity contribution in [1.29, 1.82) is 0 Å². The number of tetrazole rings is 2. The number of aromatic nitrogens is 8. The molecule has 428 valence electrons. The van der Waals surface area contributed by atoms with E-state index in [0.29, 0.717) is 42.1 Å². The normalized spacial score (nSPS) is 17.9. The number of hydrogen-bond acceptors (Lipinski definition) is 12. The Balaban J connectivity index is 0.000000147. The standard InChI is InChI=1S/C36H34N6.C17H20N6.C16H20N2.ClH/c1-27(33-23-13-15-28-14-11-12-22-34(28)33)37-32-24-25-41(26-32)35-38-40-42(39-35)36(29-16-5-2-6-17-29,30-18-7-3-8-19-30)31-20-9-4-10-21-31;1-12(15-8-4-6-13-5-2-3-7-16(13)15)18-14-9-10-23(11-14)17-19-21-22-20-17;1-12(18-14-9-10-17-11-14)15-8-4-6-13-5-2-3-7-16(13)15;/h2-23,27,32,37H,24-26H2,1H3;2-8,12,14,18H,9-11H2,1H3,(H,19,20,21,22);2-8,12,14,17-18H,9-11H2,1H3;1H/t27-,32+;2*12-,14+;/m111./s1. The summed E-state index contributed by atoms with van der Waals surface area (Å²) in [6, 6.07) is 79.2. The van der Waals surface area contributed by atoms with Crippen molar-refractivity contribution in [2.45, 2.75) is 81.8 Å². The van der Waals surface area contributed by atoms with E-state index < -0.39 is 5.54 Å². The predicted octanol–water partition coefficient (Wildman–Crippen LogP) is 12.2. The number of nitrogens with one attached hydrogen (secondary N) is 5. The molecule has 0 aliphatic carbocycles. The molecule has 14 nitrogen and oxygen atoms in total. The predicted molar refractivity (Wildman–Crippen MR) is 343 cm³/mol. The van der Waals surface area contributed by atoms with Crippen molar-refractivity contribution in [3.8, 4) is 0 Å². The van der Waals surface area contributed by atoms with Gasteiger partial charge in [-0.05, 0) is 123 Å². The second kappa shape index (κ2) is 26.9. The molecule has 6 atom stereocenters. The summed E-state index contributed by atoms with van der Waals surface area (Å²) in [4.78, 5) is 6.22. The summed E-state index contributed by atoms with van der Waals surface area (Å²) < 4.78 is 0. The fraction of sp³-hybridized carbons (Fsp3) is 0.275. The second-order valence-electron chi connectivity index (χ2n) is 22.3. The molecule has 14 rings (SSSR count). The topological polar surface area (TPSA) is 153 Å². The zero-order chi connectivity index (χ0) is 56.4. The summed E-state index contributed by atoms with van der Waals surface area (Å²) in [5.74, 6) is 1.34. The number of H-pyrrole nitrogens is 1. The lowest BCUT2D eigenvalue weighted by Gasteiger charge is -2.34. The molecular formula is C69H75ClN14. The first-order valence-corrected chi connectivity index (χ1v) is 29.5. The van der Waals surface area contributed by atoms with Gasteiger partial charge in [-0.25, -0.2) is 0 Å². The highest BCUT2D eigenvalue weighted by atomic mass is 35.5. The van der Waals surface area contributed by atoms with Gasteiger partial charge in [0, 0.05) is 69.0 Å². The largest absolute Gasteiger partial charge is 0.337 e. The van der Waals surface area contributed by atoms with Crippen molar-refractivity contribution in [1.82, 2.24) is 62.1 Å². The number of halogens is 1. The van der Waals surface area contributed by atoms with Crippen LogP contribution in [0.1, 0.15) is 91.5 Å². The molecule has 2 aromatic heterocycles. The number of anilines is 2. The quantitative estimate of drug-likeness (QED) is 0.0621.